The van der Waals surface area contributed by atoms with Crippen molar-refractivity contribution in [1.82, 2.24) is 0 Å². The second-order valence-corrected chi connectivity index (χ2v) is 6.78. The third-order valence-corrected chi connectivity index (χ3v) is 4.28. The number of rotatable bonds is 5. The quantitative estimate of drug-likeness (QED) is 0.591. The molecule has 2 nitrogen and oxygen atoms in total. The number of hydrogen-bond donors (Lipinski definition) is 0. The van der Waals surface area contributed by atoms with Crippen LogP contribution in [-0.2, 0) is 16.0 Å². The van der Waals surface area contributed by atoms with Crippen molar-refractivity contribution in [2.75, 3.05) is 0 Å². The lowest BCUT2D eigenvalue weighted by Gasteiger charge is -1.99. The summed E-state index contributed by atoms with van der Waals surface area (Å²) in [7, 11) is 0. The molecule has 2 aromatic carbocycles. The number of Topliss-reactive ketones (excluding diaryl/α,β-unsaturated/α-hetero) is 2. The molecule has 0 saturated heterocycles. The van der Waals surface area contributed by atoms with Crippen LogP contribution in [0.4, 0.5) is 0 Å². The Hall–Kier alpha value is -2.74. The van der Waals surface area contributed by atoms with Gasteiger partial charge in [0.25, 0.3) is 0 Å². The molecule has 0 aliphatic carbocycles. The van der Waals surface area contributed by atoms with Crippen LogP contribution in [0.25, 0.3) is 12.2 Å². The van der Waals surface area contributed by atoms with Gasteiger partial charge in [0, 0.05) is 0 Å². The fraction of sp³-hybridized carbons (Fsp3) is 0.280. The van der Waals surface area contributed by atoms with Crippen molar-refractivity contribution in [3.63, 3.8) is 0 Å². The van der Waals surface area contributed by atoms with E-state index in [0.29, 0.717) is 0 Å². The Balaban J connectivity index is 0.000000271. The average molecular weight is 363 g/mol. The van der Waals surface area contributed by atoms with Crippen LogP contribution in [0.3, 0.4) is 0 Å². The maximum absolute atomic E-state index is 11.0. The largest absolute Gasteiger partial charge is 0.295 e. The van der Waals surface area contributed by atoms with E-state index < -0.39 is 0 Å². The first-order valence-corrected chi connectivity index (χ1v) is 9.27. The molecule has 0 aromatic heterocycles. The molecule has 0 radical (unpaired) electrons. The van der Waals surface area contributed by atoms with E-state index in [0.717, 1.165) is 28.7 Å². The Kier molecular flexibility index (Phi) is 9.15. The lowest BCUT2D eigenvalue weighted by atomic mass is 10.1. The predicted molar refractivity (Wildman–Crippen MR) is 116 cm³/mol. The molecule has 0 fully saturated rings. The van der Waals surface area contributed by atoms with Gasteiger partial charge in [-0.3, -0.25) is 9.59 Å². The standard InChI is InChI=1S/C13H16O.C12H14O/c1-4-12-6-5-7-13(9-12)8-10(2)11(3)14;1-9-5-4-6-12(7-9)8-10(2)11(3)13/h5-9H,4H2,1-3H3;4-8H,1-3H3/b2*10-8+. The fourth-order valence-electron chi connectivity index (χ4n) is 2.37. The first-order valence-electron chi connectivity index (χ1n) is 9.27. The summed E-state index contributed by atoms with van der Waals surface area (Å²) < 4.78 is 0. The van der Waals surface area contributed by atoms with Crippen molar-refractivity contribution in [1.29, 1.82) is 0 Å². The second-order valence-electron chi connectivity index (χ2n) is 6.78. The maximum Gasteiger partial charge on any atom is 0.155 e. The van der Waals surface area contributed by atoms with Crippen molar-refractivity contribution in [3.05, 3.63) is 81.9 Å². The maximum atomic E-state index is 11.0. The Morgan fingerprint density at radius 2 is 1.26 bits per heavy atom. The molecule has 0 amide bonds. The highest BCUT2D eigenvalue weighted by atomic mass is 16.1. The molecule has 0 spiro atoms. The van der Waals surface area contributed by atoms with E-state index in [1.807, 2.05) is 63.3 Å². The molecule has 0 aliphatic heterocycles. The van der Waals surface area contributed by atoms with Crippen molar-refractivity contribution in [3.8, 4) is 0 Å². The molecular formula is C25H30O2. The summed E-state index contributed by atoms with van der Waals surface area (Å²) in [6.07, 6.45) is 4.87. The van der Waals surface area contributed by atoms with Crippen LogP contribution in [0, 0.1) is 6.92 Å². The number of carbonyl (C=O) groups is 2. The van der Waals surface area contributed by atoms with E-state index in [2.05, 4.69) is 25.1 Å². The molecule has 0 atom stereocenters. The highest BCUT2D eigenvalue weighted by Gasteiger charge is 1.97. The van der Waals surface area contributed by atoms with E-state index in [-0.39, 0.29) is 11.6 Å². The minimum Gasteiger partial charge on any atom is -0.295 e. The van der Waals surface area contributed by atoms with Crippen molar-refractivity contribution in [2.45, 2.75) is 48.0 Å². The Labute approximate surface area is 163 Å². The molecule has 142 valence electrons. The zero-order chi connectivity index (χ0) is 20.4. The number of allylic oxidation sites excluding steroid dienone is 2. The summed E-state index contributed by atoms with van der Waals surface area (Å²) in [5.41, 5.74) is 6.31. The normalized spacial score (nSPS) is 11.5. The van der Waals surface area contributed by atoms with Crippen LogP contribution in [0.2, 0.25) is 0 Å². The first-order chi connectivity index (χ1) is 12.7. The molecular weight excluding hydrogens is 332 g/mol. The highest BCUT2D eigenvalue weighted by Crippen LogP contribution is 2.11. The Morgan fingerprint density at radius 3 is 1.70 bits per heavy atom. The van der Waals surface area contributed by atoms with Gasteiger partial charge in [-0.15, -0.1) is 0 Å². The summed E-state index contributed by atoms with van der Waals surface area (Å²) in [4.78, 5) is 22.0. The molecule has 2 rings (SSSR count). The number of benzene rings is 2. The first kappa shape index (κ1) is 22.3. The summed E-state index contributed by atoms with van der Waals surface area (Å²) in [5.74, 6) is 0.258. The van der Waals surface area contributed by atoms with Gasteiger partial charge in [0.1, 0.15) is 0 Å². The second kappa shape index (κ2) is 11.1. The van der Waals surface area contributed by atoms with E-state index in [4.69, 9.17) is 0 Å². The molecule has 27 heavy (non-hydrogen) atoms. The van der Waals surface area contributed by atoms with Crippen molar-refractivity contribution >= 4 is 23.7 Å². The number of hydrogen-bond acceptors (Lipinski definition) is 2. The Bertz CT molecular complexity index is 854. The van der Waals surface area contributed by atoms with E-state index in [1.54, 1.807) is 13.8 Å². The number of aryl methyl sites for hydroxylation is 2. The molecule has 2 heteroatoms. The molecule has 2 aromatic rings. The van der Waals surface area contributed by atoms with E-state index in [1.165, 1.54) is 11.1 Å². The fourth-order valence-corrected chi connectivity index (χ4v) is 2.37. The van der Waals surface area contributed by atoms with Crippen LogP contribution in [0.15, 0.2) is 59.7 Å². The molecule has 0 bridgehead atoms. The Morgan fingerprint density at radius 1 is 0.778 bits per heavy atom. The van der Waals surface area contributed by atoms with Crippen LogP contribution in [0.5, 0.6) is 0 Å². The van der Waals surface area contributed by atoms with Gasteiger partial charge in [0.2, 0.25) is 0 Å². The zero-order valence-electron chi connectivity index (χ0n) is 17.3. The number of carbonyl (C=O) groups excluding carboxylic acids is 2. The molecule has 0 unspecified atom stereocenters. The SMILES string of the molecule is CC(=O)/C(C)=C/c1cccc(C)c1.CCc1cccc(/C=C(\C)C(C)=O)c1. The molecule has 0 N–H and O–H groups in total. The minimum absolute atomic E-state index is 0.126. The van der Waals surface area contributed by atoms with Gasteiger partial charge in [-0.1, -0.05) is 61.0 Å². The minimum atomic E-state index is 0.126. The van der Waals surface area contributed by atoms with Crippen LogP contribution in [-0.4, -0.2) is 11.6 Å². The summed E-state index contributed by atoms with van der Waals surface area (Å²) in [5, 5.41) is 0. The lowest BCUT2D eigenvalue weighted by molar-refractivity contribution is -0.114. The lowest BCUT2D eigenvalue weighted by Crippen LogP contribution is -1.91. The third kappa shape index (κ3) is 8.46. The van der Waals surface area contributed by atoms with Gasteiger partial charge in [0.05, 0.1) is 0 Å². The highest BCUT2D eigenvalue weighted by molar-refractivity contribution is 5.97. The molecule has 0 heterocycles. The molecule has 0 saturated carbocycles. The topological polar surface area (TPSA) is 34.1 Å². The van der Waals surface area contributed by atoms with E-state index in [9.17, 15) is 9.59 Å². The van der Waals surface area contributed by atoms with Gasteiger partial charge in [-0.05, 0) is 81.0 Å². The van der Waals surface area contributed by atoms with Crippen molar-refractivity contribution < 1.29 is 9.59 Å². The van der Waals surface area contributed by atoms with Gasteiger partial charge < -0.3 is 0 Å². The van der Waals surface area contributed by atoms with Gasteiger partial charge in [0.15, 0.2) is 11.6 Å². The smallest absolute Gasteiger partial charge is 0.155 e. The monoisotopic (exact) mass is 362 g/mol. The van der Waals surface area contributed by atoms with E-state index >= 15 is 0 Å². The number of ketones is 2. The van der Waals surface area contributed by atoms with Crippen LogP contribution >= 0.6 is 0 Å². The third-order valence-electron chi connectivity index (χ3n) is 4.28. The predicted octanol–water partition coefficient (Wildman–Crippen LogP) is 6.23. The zero-order valence-corrected chi connectivity index (χ0v) is 17.3. The van der Waals surface area contributed by atoms with Gasteiger partial charge in [-0.2, -0.15) is 0 Å². The van der Waals surface area contributed by atoms with Crippen LogP contribution < -0.4 is 0 Å². The van der Waals surface area contributed by atoms with Gasteiger partial charge in [-0.25, -0.2) is 0 Å². The summed E-state index contributed by atoms with van der Waals surface area (Å²) in [6.45, 7) is 11.0. The molecule has 0 aliphatic rings. The van der Waals surface area contributed by atoms with Crippen LogP contribution in [0.1, 0.15) is 56.9 Å². The van der Waals surface area contributed by atoms with Crippen molar-refractivity contribution in [2.24, 2.45) is 0 Å². The summed E-state index contributed by atoms with van der Waals surface area (Å²) in [6, 6.07) is 16.4. The summed E-state index contributed by atoms with van der Waals surface area (Å²) >= 11 is 0. The van der Waals surface area contributed by atoms with Gasteiger partial charge >= 0.3 is 0 Å². The average Bonchev–Trinajstić information content (AvgIpc) is 2.62.